The van der Waals surface area contributed by atoms with Gasteiger partial charge in [-0.3, -0.25) is 24.5 Å². The predicted octanol–water partition coefficient (Wildman–Crippen LogP) is 1.57. The van der Waals surface area contributed by atoms with Crippen LogP contribution >= 0.6 is 0 Å². The normalized spacial score (nSPS) is 9.76. The van der Waals surface area contributed by atoms with Gasteiger partial charge in [-0.05, 0) is 23.8 Å². The number of benzene rings is 2. The lowest BCUT2D eigenvalue weighted by Crippen LogP contribution is -2.32. The maximum Gasteiger partial charge on any atom is 0.325 e. The van der Waals surface area contributed by atoms with Crippen LogP contribution in [0.25, 0.3) is 0 Å². The number of hydrogen-bond donors (Lipinski definition) is 2. The van der Waals surface area contributed by atoms with Crippen LogP contribution in [0.5, 0.6) is 0 Å². The van der Waals surface area contributed by atoms with E-state index in [0.717, 1.165) is 11.6 Å². The second kappa shape index (κ2) is 10.2. The molecular weight excluding hydrogens is 380 g/mol. The quantitative estimate of drug-likeness (QED) is 0.390. The van der Waals surface area contributed by atoms with Crippen LogP contribution in [0.1, 0.15) is 15.9 Å². The number of esters is 1. The van der Waals surface area contributed by atoms with E-state index >= 15 is 0 Å². The number of nitro groups is 1. The van der Waals surface area contributed by atoms with Gasteiger partial charge in [-0.2, -0.15) is 5.26 Å². The summed E-state index contributed by atoms with van der Waals surface area (Å²) in [4.78, 5) is 45.5. The number of nitriles is 1. The van der Waals surface area contributed by atoms with Crippen LogP contribution in [0.4, 0.5) is 11.4 Å². The van der Waals surface area contributed by atoms with Gasteiger partial charge in [0.05, 0.1) is 17.4 Å². The van der Waals surface area contributed by atoms with Crippen LogP contribution in [0.15, 0.2) is 48.5 Å². The number of anilines is 1. The molecule has 0 saturated heterocycles. The minimum absolute atomic E-state index is 0.0181. The highest BCUT2D eigenvalue weighted by Crippen LogP contribution is 2.13. The molecule has 0 saturated carbocycles. The summed E-state index contributed by atoms with van der Waals surface area (Å²) in [5.74, 6) is -2.10. The zero-order valence-corrected chi connectivity index (χ0v) is 15.1. The van der Waals surface area contributed by atoms with Gasteiger partial charge in [0, 0.05) is 23.4 Å². The van der Waals surface area contributed by atoms with Crippen LogP contribution in [-0.4, -0.2) is 35.9 Å². The number of rotatable bonds is 8. The standard InChI is InChI=1S/C19H16N4O6/c20-9-8-13-4-6-15(7-5-13)22-17(24)12-29-18(25)11-21-19(26)14-2-1-3-16(10-14)23(27)28/h1-7,10H,8,11-12H2,(H,21,26)(H,22,24). The van der Waals surface area contributed by atoms with Crippen molar-refractivity contribution in [3.05, 3.63) is 69.8 Å². The molecule has 0 unspecified atom stereocenters. The van der Waals surface area contributed by atoms with Gasteiger partial charge in [0.1, 0.15) is 6.54 Å². The van der Waals surface area contributed by atoms with Gasteiger partial charge < -0.3 is 15.4 Å². The van der Waals surface area contributed by atoms with Crippen LogP contribution in [-0.2, 0) is 20.7 Å². The number of ether oxygens (including phenoxy) is 1. The summed E-state index contributed by atoms with van der Waals surface area (Å²) in [6.45, 7) is -1.05. The summed E-state index contributed by atoms with van der Waals surface area (Å²) < 4.78 is 4.77. The van der Waals surface area contributed by atoms with Crippen LogP contribution < -0.4 is 10.6 Å². The Morgan fingerprint density at radius 1 is 1.14 bits per heavy atom. The summed E-state index contributed by atoms with van der Waals surface area (Å²) >= 11 is 0. The van der Waals surface area contributed by atoms with E-state index in [-0.39, 0.29) is 17.7 Å². The minimum atomic E-state index is -0.844. The Morgan fingerprint density at radius 3 is 2.52 bits per heavy atom. The van der Waals surface area contributed by atoms with E-state index in [4.69, 9.17) is 10.00 Å². The van der Waals surface area contributed by atoms with Crippen molar-refractivity contribution in [1.29, 1.82) is 5.26 Å². The Morgan fingerprint density at radius 2 is 1.86 bits per heavy atom. The van der Waals surface area contributed by atoms with E-state index in [1.54, 1.807) is 24.3 Å². The average molecular weight is 396 g/mol. The van der Waals surface area contributed by atoms with Gasteiger partial charge in [-0.1, -0.05) is 18.2 Å². The monoisotopic (exact) mass is 396 g/mol. The topological polar surface area (TPSA) is 151 Å². The fourth-order valence-corrected chi connectivity index (χ4v) is 2.21. The molecule has 0 radical (unpaired) electrons. The number of amides is 2. The molecule has 2 N–H and O–H groups in total. The molecule has 29 heavy (non-hydrogen) atoms. The summed E-state index contributed by atoms with van der Waals surface area (Å²) in [6.07, 6.45) is 0.258. The molecule has 2 aromatic carbocycles. The zero-order chi connectivity index (χ0) is 21.2. The highest BCUT2D eigenvalue weighted by molar-refractivity contribution is 5.97. The third kappa shape index (κ3) is 6.76. The fraction of sp³-hybridized carbons (Fsp3) is 0.158. The van der Waals surface area contributed by atoms with Gasteiger partial charge in [0.2, 0.25) is 0 Å². The second-order valence-corrected chi connectivity index (χ2v) is 5.73. The molecule has 0 bridgehead atoms. The maximum atomic E-state index is 11.9. The Hall–Kier alpha value is -4.26. The molecular formula is C19H16N4O6. The molecule has 0 fully saturated rings. The number of hydrogen-bond acceptors (Lipinski definition) is 7. The van der Waals surface area contributed by atoms with Crippen molar-refractivity contribution >= 4 is 29.2 Å². The molecule has 0 aromatic heterocycles. The SMILES string of the molecule is N#CCc1ccc(NC(=O)COC(=O)CNC(=O)c2cccc([N+](=O)[O-])c2)cc1. The van der Waals surface area contributed by atoms with E-state index in [9.17, 15) is 24.5 Å². The molecule has 2 aromatic rings. The second-order valence-electron chi connectivity index (χ2n) is 5.73. The van der Waals surface area contributed by atoms with Crippen molar-refractivity contribution in [1.82, 2.24) is 5.32 Å². The molecule has 10 nitrogen and oxygen atoms in total. The third-order valence-electron chi connectivity index (χ3n) is 3.60. The van der Waals surface area contributed by atoms with Crippen molar-refractivity contribution in [2.24, 2.45) is 0 Å². The molecule has 0 aliphatic rings. The first kappa shape index (κ1) is 21.0. The van der Waals surface area contributed by atoms with Crippen molar-refractivity contribution in [2.75, 3.05) is 18.5 Å². The molecule has 0 aliphatic carbocycles. The Kier molecular flexibility index (Phi) is 7.38. The Bertz CT molecular complexity index is 965. The van der Waals surface area contributed by atoms with Crippen molar-refractivity contribution in [3.63, 3.8) is 0 Å². The van der Waals surface area contributed by atoms with Crippen molar-refractivity contribution < 1.29 is 24.0 Å². The largest absolute Gasteiger partial charge is 0.454 e. The number of nitrogens with one attached hydrogen (secondary N) is 2. The van der Waals surface area contributed by atoms with Gasteiger partial charge in [0.25, 0.3) is 17.5 Å². The van der Waals surface area contributed by atoms with E-state index in [1.165, 1.54) is 18.2 Å². The molecule has 0 heterocycles. The van der Waals surface area contributed by atoms with E-state index in [2.05, 4.69) is 10.6 Å². The number of carbonyl (C=O) groups is 3. The number of carbonyl (C=O) groups excluding carboxylic acids is 3. The smallest absolute Gasteiger partial charge is 0.325 e. The highest BCUT2D eigenvalue weighted by atomic mass is 16.6. The van der Waals surface area contributed by atoms with Gasteiger partial charge in [-0.25, -0.2) is 0 Å². The molecule has 0 atom stereocenters. The lowest BCUT2D eigenvalue weighted by molar-refractivity contribution is -0.384. The van der Waals surface area contributed by atoms with Gasteiger partial charge >= 0.3 is 5.97 Å². The van der Waals surface area contributed by atoms with Gasteiger partial charge in [-0.15, -0.1) is 0 Å². The van der Waals surface area contributed by atoms with Gasteiger partial charge in [0.15, 0.2) is 6.61 Å². The summed E-state index contributed by atoms with van der Waals surface area (Å²) in [7, 11) is 0. The van der Waals surface area contributed by atoms with Crippen molar-refractivity contribution in [3.8, 4) is 6.07 Å². The van der Waals surface area contributed by atoms with Crippen molar-refractivity contribution in [2.45, 2.75) is 6.42 Å². The van der Waals surface area contributed by atoms with E-state index < -0.39 is 35.9 Å². The van der Waals surface area contributed by atoms with E-state index in [0.29, 0.717) is 5.69 Å². The molecule has 2 rings (SSSR count). The molecule has 148 valence electrons. The van der Waals surface area contributed by atoms with Crippen LogP contribution in [0.3, 0.4) is 0 Å². The Labute approximate surface area is 165 Å². The zero-order valence-electron chi connectivity index (χ0n) is 15.1. The summed E-state index contributed by atoms with van der Waals surface area (Å²) in [5.41, 5.74) is 1.05. The fourth-order valence-electron chi connectivity index (χ4n) is 2.21. The van der Waals surface area contributed by atoms with Crippen LogP contribution in [0, 0.1) is 21.4 Å². The molecule has 2 amide bonds. The number of non-ortho nitro benzene ring substituents is 1. The van der Waals surface area contributed by atoms with E-state index in [1.807, 2.05) is 6.07 Å². The minimum Gasteiger partial charge on any atom is -0.454 e. The molecule has 0 aliphatic heterocycles. The lowest BCUT2D eigenvalue weighted by Gasteiger charge is -2.08. The number of nitro benzene ring substituents is 1. The first-order valence-electron chi connectivity index (χ1n) is 8.33. The summed E-state index contributed by atoms with van der Waals surface area (Å²) in [6, 6.07) is 13.7. The summed E-state index contributed by atoms with van der Waals surface area (Å²) in [5, 5.41) is 24.1. The molecule has 0 spiro atoms. The lowest BCUT2D eigenvalue weighted by atomic mass is 10.1. The highest BCUT2D eigenvalue weighted by Gasteiger charge is 2.14. The predicted molar refractivity (Wildman–Crippen MR) is 101 cm³/mol. The Balaban J connectivity index is 1.75. The number of nitrogens with zero attached hydrogens (tertiary/aromatic N) is 2. The first-order chi connectivity index (χ1) is 13.9. The molecule has 10 heteroatoms. The first-order valence-corrected chi connectivity index (χ1v) is 8.33. The average Bonchev–Trinajstić information content (AvgIpc) is 2.72. The maximum absolute atomic E-state index is 11.9. The third-order valence-corrected chi connectivity index (χ3v) is 3.60. The van der Waals surface area contributed by atoms with Crippen LogP contribution in [0.2, 0.25) is 0 Å².